The van der Waals surface area contributed by atoms with E-state index in [0.29, 0.717) is 54.3 Å². The van der Waals surface area contributed by atoms with Gasteiger partial charge in [0.05, 0.1) is 67.7 Å². The van der Waals surface area contributed by atoms with Gasteiger partial charge in [0.25, 0.3) is 11.5 Å². The van der Waals surface area contributed by atoms with Gasteiger partial charge < -0.3 is 24.5 Å². The number of hydrazine groups is 1. The van der Waals surface area contributed by atoms with Crippen molar-refractivity contribution in [3.05, 3.63) is 75.7 Å². The maximum absolute atomic E-state index is 14.1. The molecule has 1 atom stereocenters. The molecule has 41 heavy (non-hydrogen) atoms. The van der Waals surface area contributed by atoms with Crippen LogP contribution < -0.4 is 35.8 Å². The van der Waals surface area contributed by atoms with Crippen molar-refractivity contribution in [2.45, 2.75) is 13.0 Å². The molecule has 212 valence electrons. The van der Waals surface area contributed by atoms with Crippen molar-refractivity contribution in [2.24, 2.45) is 0 Å². The Bertz CT molecular complexity index is 1680. The maximum atomic E-state index is 14.1. The second-order valence-electron chi connectivity index (χ2n) is 9.50. The minimum Gasteiger partial charge on any atom is -0.497 e. The van der Waals surface area contributed by atoms with Crippen LogP contribution in [0, 0.1) is 6.92 Å². The van der Waals surface area contributed by atoms with Gasteiger partial charge >= 0.3 is 0 Å². The number of fused-ring (bicyclic) bond motifs is 2. The predicted molar refractivity (Wildman–Crippen MR) is 155 cm³/mol. The molecule has 4 aromatic rings. The van der Waals surface area contributed by atoms with Gasteiger partial charge in [-0.15, -0.1) is 0 Å². The summed E-state index contributed by atoms with van der Waals surface area (Å²) in [5.74, 6) is 0.0560. The number of methoxy groups -OCH3 is 2. The number of benzene rings is 2. The Morgan fingerprint density at radius 3 is 2.61 bits per heavy atom. The highest BCUT2D eigenvalue weighted by atomic mass is 32.1. The minimum absolute atomic E-state index is 0.260. The zero-order chi connectivity index (χ0) is 28.7. The Labute approximate surface area is 239 Å². The van der Waals surface area contributed by atoms with E-state index >= 15 is 0 Å². The number of amides is 2. The summed E-state index contributed by atoms with van der Waals surface area (Å²) in [7, 11) is 3.03. The smallest absolute Gasteiger partial charge is 0.276 e. The van der Waals surface area contributed by atoms with E-state index in [4.69, 9.17) is 14.2 Å². The average molecular weight is 577 g/mol. The van der Waals surface area contributed by atoms with E-state index in [1.807, 2.05) is 29.3 Å². The van der Waals surface area contributed by atoms with Gasteiger partial charge in [0.15, 0.2) is 0 Å². The molecule has 2 amide bonds. The number of carbonyl (C=O) groups is 2. The monoisotopic (exact) mass is 576 g/mol. The highest BCUT2D eigenvalue weighted by Crippen LogP contribution is 2.35. The number of hydrogen-bond acceptors (Lipinski definition) is 10. The van der Waals surface area contributed by atoms with Gasteiger partial charge in [0.2, 0.25) is 11.0 Å². The van der Waals surface area contributed by atoms with Crippen LogP contribution >= 0.6 is 11.3 Å². The molecule has 0 aliphatic carbocycles. The molecule has 13 heteroatoms. The second-order valence-corrected chi connectivity index (χ2v) is 10.5. The number of thiazole rings is 1. The summed E-state index contributed by atoms with van der Waals surface area (Å²) in [6.07, 6.45) is 0. The van der Waals surface area contributed by atoms with Crippen LogP contribution in [0.1, 0.15) is 27.7 Å². The Kier molecular flexibility index (Phi) is 7.07. The van der Waals surface area contributed by atoms with Crippen molar-refractivity contribution in [2.75, 3.05) is 55.9 Å². The number of morpholine rings is 1. The molecule has 2 aromatic carbocycles. The number of aromatic nitrogens is 2. The third-order valence-corrected chi connectivity index (χ3v) is 8.14. The molecule has 1 fully saturated rings. The molecule has 0 spiro atoms. The number of rotatable bonds is 6. The summed E-state index contributed by atoms with van der Waals surface area (Å²) in [6, 6.07) is 12.8. The number of nitrogens with one attached hydrogen (secondary N) is 2. The van der Waals surface area contributed by atoms with E-state index in [1.165, 1.54) is 41.3 Å². The first kappa shape index (κ1) is 26.7. The molecule has 0 saturated carbocycles. The van der Waals surface area contributed by atoms with E-state index in [-0.39, 0.29) is 16.7 Å². The van der Waals surface area contributed by atoms with E-state index in [9.17, 15) is 14.4 Å². The lowest BCUT2D eigenvalue weighted by molar-refractivity contribution is -0.118. The lowest BCUT2D eigenvalue weighted by Crippen LogP contribution is -2.56. The van der Waals surface area contributed by atoms with Gasteiger partial charge in [0.1, 0.15) is 17.5 Å². The van der Waals surface area contributed by atoms with Crippen molar-refractivity contribution < 1.29 is 23.8 Å². The van der Waals surface area contributed by atoms with Crippen molar-refractivity contribution in [3.8, 4) is 11.5 Å². The van der Waals surface area contributed by atoms with Gasteiger partial charge in [-0.05, 0) is 31.2 Å². The van der Waals surface area contributed by atoms with Crippen LogP contribution in [0.25, 0.3) is 10.2 Å². The summed E-state index contributed by atoms with van der Waals surface area (Å²) in [5.41, 5.74) is 4.81. The van der Waals surface area contributed by atoms with Crippen molar-refractivity contribution in [3.63, 3.8) is 0 Å². The zero-order valence-corrected chi connectivity index (χ0v) is 23.5. The van der Waals surface area contributed by atoms with Gasteiger partial charge in [-0.25, -0.2) is 20.1 Å². The number of carbonyl (C=O) groups excluding carboxylic acids is 2. The van der Waals surface area contributed by atoms with Crippen LogP contribution in [0.3, 0.4) is 0 Å². The summed E-state index contributed by atoms with van der Waals surface area (Å²) in [6.45, 7) is 3.64. The molecule has 1 saturated heterocycles. The lowest BCUT2D eigenvalue weighted by atomic mass is 9.96. The number of ether oxygens (including phenoxy) is 3. The Hall–Kier alpha value is -4.46. The maximum Gasteiger partial charge on any atom is 0.276 e. The molecule has 2 aliphatic rings. The van der Waals surface area contributed by atoms with Crippen LogP contribution in [0.2, 0.25) is 0 Å². The van der Waals surface area contributed by atoms with Crippen molar-refractivity contribution >= 4 is 44.2 Å². The predicted octanol–water partition coefficient (Wildman–Crippen LogP) is 2.60. The van der Waals surface area contributed by atoms with Crippen LogP contribution in [0.5, 0.6) is 11.5 Å². The van der Waals surface area contributed by atoms with Gasteiger partial charge in [-0.2, -0.15) is 0 Å². The first-order valence-electron chi connectivity index (χ1n) is 13.0. The first-order valence-corrected chi connectivity index (χ1v) is 13.8. The second kappa shape index (κ2) is 10.8. The third-order valence-electron chi connectivity index (χ3n) is 7.12. The number of anilines is 2. The topological polar surface area (TPSA) is 127 Å². The molecule has 2 aliphatic heterocycles. The molecule has 2 aromatic heterocycles. The van der Waals surface area contributed by atoms with Gasteiger partial charge in [-0.1, -0.05) is 23.5 Å². The normalized spacial score (nSPS) is 17.0. The quantitative estimate of drug-likeness (QED) is 0.356. The Morgan fingerprint density at radius 2 is 1.88 bits per heavy atom. The summed E-state index contributed by atoms with van der Waals surface area (Å²) in [4.78, 5) is 46.0. The lowest BCUT2D eigenvalue weighted by Gasteiger charge is -2.37. The van der Waals surface area contributed by atoms with E-state index < -0.39 is 17.9 Å². The summed E-state index contributed by atoms with van der Waals surface area (Å²) < 4.78 is 18.6. The van der Waals surface area contributed by atoms with Gasteiger partial charge in [-0.3, -0.25) is 14.4 Å². The fraction of sp³-hybridized carbons (Fsp3) is 0.286. The fourth-order valence-corrected chi connectivity index (χ4v) is 6.06. The van der Waals surface area contributed by atoms with Crippen LogP contribution in [0.15, 0.2) is 53.3 Å². The Morgan fingerprint density at radius 1 is 1.10 bits per heavy atom. The standard InChI is InChI=1S/C28H28N6O6S/c1-16-24-18(15-23(35)34(16)32-10-12-40-13-11-32)25(26(36)29-19-9-8-17(38-2)14-21(19)39-3)31-33(27(24)37)28-30-20-6-4-5-7-22(20)41-28/h4-9,14-15,25,31H,10-13H2,1-3H3,(H,29,36)/t25-/m1/s1. The first-order chi connectivity index (χ1) is 19.9. The van der Waals surface area contributed by atoms with E-state index in [0.717, 1.165) is 10.2 Å². The SMILES string of the molecule is COc1ccc(NC(=O)[C@@H]2NN(c3nc4ccccc4s3)C(=O)c3c2cc(=O)n(N2CCOCC2)c3C)c(OC)c1. The van der Waals surface area contributed by atoms with Crippen molar-refractivity contribution in [1.29, 1.82) is 0 Å². The fourth-order valence-electron chi connectivity index (χ4n) is 5.13. The molecule has 0 bridgehead atoms. The van der Waals surface area contributed by atoms with E-state index in [1.54, 1.807) is 25.1 Å². The number of hydrogen-bond donors (Lipinski definition) is 2. The molecule has 12 nitrogen and oxygen atoms in total. The molecule has 4 heterocycles. The molecule has 2 N–H and O–H groups in total. The highest BCUT2D eigenvalue weighted by molar-refractivity contribution is 7.22. The van der Waals surface area contributed by atoms with E-state index in [2.05, 4.69) is 15.7 Å². The molecule has 0 radical (unpaired) electrons. The average Bonchev–Trinajstić information content (AvgIpc) is 3.42. The van der Waals surface area contributed by atoms with Crippen LogP contribution in [0.4, 0.5) is 10.8 Å². The summed E-state index contributed by atoms with van der Waals surface area (Å²) >= 11 is 1.32. The highest BCUT2D eigenvalue weighted by Gasteiger charge is 2.40. The molecular formula is C28H28N6O6S. The van der Waals surface area contributed by atoms with Crippen molar-refractivity contribution in [1.82, 2.24) is 15.1 Å². The summed E-state index contributed by atoms with van der Waals surface area (Å²) in [5, 5.41) is 6.41. The van der Waals surface area contributed by atoms with Crippen LogP contribution in [-0.4, -0.2) is 62.0 Å². The number of pyridine rings is 1. The van der Waals surface area contributed by atoms with Gasteiger partial charge in [0, 0.05) is 17.7 Å². The third kappa shape index (κ3) is 4.77. The largest absolute Gasteiger partial charge is 0.497 e. The Balaban J connectivity index is 1.46. The number of nitrogens with zero attached hydrogens (tertiary/aromatic N) is 4. The zero-order valence-electron chi connectivity index (χ0n) is 22.7. The number of para-hydroxylation sites is 1. The molecular weight excluding hydrogens is 548 g/mol. The van der Waals surface area contributed by atoms with Crippen LogP contribution in [-0.2, 0) is 9.53 Å². The minimum atomic E-state index is -1.09. The molecule has 0 unspecified atom stereocenters. The molecule has 6 rings (SSSR count).